The summed E-state index contributed by atoms with van der Waals surface area (Å²) in [5, 5.41) is 12.4. The third kappa shape index (κ3) is 2.61. The molecule has 1 aromatic carbocycles. The number of aliphatic imine (C=N–C) groups is 1. The summed E-state index contributed by atoms with van der Waals surface area (Å²) in [7, 11) is 0. The first-order valence-corrected chi connectivity index (χ1v) is 7.10. The van der Waals surface area contributed by atoms with Crippen LogP contribution in [0.3, 0.4) is 0 Å². The minimum atomic E-state index is -0.684. The van der Waals surface area contributed by atoms with Gasteiger partial charge in [0.15, 0.2) is 0 Å². The van der Waals surface area contributed by atoms with Gasteiger partial charge in [0.2, 0.25) is 0 Å². The first-order chi connectivity index (χ1) is 9.74. The van der Waals surface area contributed by atoms with Crippen molar-refractivity contribution in [3.63, 3.8) is 0 Å². The van der Waals surface area contributed by atoms with Crippen LogP contribution in [0.1, 0.15) is 18.4 Å². The van der Waals surface area contributed by atoms with E-state index in [4.69, 9.17) is 5.11 Å². The van der Waals surface area contributed by atoms with E-state index in [1.807, 2.05) is 0 Å². The van der Waals surface area contributed by atoms with Crippen LogP contribution >= 0.6 is 0 Å². The maximum atomic E-state index is 11.1. The quantitative estimate of drug-likeness (QED) is 0.872. The summed E-state index contributed by atoms with van der Waals surface area (Å²) in [6.07, 6.45) is 1.72. The molecule has 0 spiro atoms. The van der Waals surface area contributed by atoms with Gasteiger partial charge >= 0.3 is 5.97 Å². The summed E-state index contributed by atoms with van der Waals surface area (Å²) in [5.74, 6) is 0.0266. The number of nitrogens with one attached hydrogen (secondary N) is 1. The fourth-order valence-corrected chi connectivity index (χ4v) is 2.83. The lowest BCUT2D eigenvalue weighted by molar-refractivity contribution is -0.141. The molecule has 0 bridgehead atoms. The fourth-order valence-electron chi connectivity index (χ4n) is 2.83. The number of anilines is 1. The lowest BCUT2D eigenvalue weighted by Gasteiger charge is -2.32. The number of aliphatic carboxylic acids is 1. The van der Waals surface area contributed by atoms with Gasteiger partial charge in [-0.25, -0.2) is 0 Å². The molecule has 20 heavy (non-hydrogen) atoms. The van der Waals surface area contributed by atoms with E-state index in [1.165, 1.54) is 0 Å². The lowest BCUT2D eigenvalue weighted by atomic mass is 9.97. The number of carbonyl (C=O) groups is 1. The highest BCUT2D eigenvalue weighted by atomic mass is 16.4. The highest BCUT2D eigenvalue weighted by Crippen LogP contribution is 2.23. The molecule has 1 fully saturated rings. The van der Waals surface area contributed by atoms with Gasteiger partial charge in [0.1, 0.15) is 5.84 Å². The molecular formula is C15H19N3O2. The van der Waals surface area contributed by atoms with Gasteiger partial charge < -0.3 is 15.3 Å². The molecule has 2 aliphatic heterocycles. The number of rotatable bonds is 3. The molecule has 3 rings (SSSR count). The molecule has 5 nitrogen and oxygen atoms in total. The Morgan fingerprint density at radius 1 is 1.35 bits per heavy atom. The highest BCUT2D eigenvalue weighted by Gasteiger charge is 2.25. The van der Waals surface area contributed by atoms with Gasteiger partial charge in [-0.05, 0) is 37.1 Å². The van der Waals surface area contributed by atoms with E-state index in [2.05, 4.69) is 39.5 Å². The normalized spacial score (nSPS) is 22.3. The molecule has 5 heteroatoms. The number of amidine groups is 1. The number of hydrogen-bond donors (Lipinski definition) is 2. The second kappa shape index (κ2) is 5.53. The maximum absolute atomic E-state index is 11.1. The summed E-state index contributed by atoms with van der Waals surface area (Å²) >= 11 is 0. The van der Waals surface area contributed by atoms with E-state index in [0.717, 1.165) is 49.6 Å². The highest BCUT2D eigenvalue weighted by molar-refractivity contribution is 5.99. The molecule has 0 amide bonds. The van der Waals surface area contributed by atoms with Crippen LogP contribution < -0.4 is 10.2 Å². The van der Waals surface area contributed by atoms with Crippen LogP contribution in [0.25, 0.3) is 0 Å². The summed E-state index contributed by atoms with van der Waals surface area (Å²) in [6, 6.07) is 8.22. The second-order valence-corrected chi connectivity index (χ2v) is 5.33. The Morgan fingerprint density at radius 3 is 2.80 bits per heavy atom. The fraction of sp³-hybridized carbons (Fsp3) is 0.467. The number of nitrogens with zero attached hydrogens (tertiary/aromatic N) is 2. The van der Waals surface area contributed by atoms with Crippen molar-refractivity contribution in [3.05, 3.63) is 29.8 Å². The average molecular weight is 273 g/mol. The zero-order valence-electron chi connectivity index (χ0n) is 11.4. The third-order valence-corrected chi connectivity index (χ3v) is 3.95. The van der Waals surface area contributed by atoms with Gasteiger partial charge in [-0.2, -0.15) is 0 Å². The Kier molecular flexibility index (Phi) is 3.58. The molecule has 1 unspecified atom stereocenters. The Morgan fingerprint density at radius 2 is 2.15 bits per heavy atom. The molecule has 0 aromatic heterocycles. The molecular weight excluding hydrogens is 254 g/mol. The monoisotopic (exact) mass is 273 g/mol. The Bertz CT molecular complexity index is 524. The standard InChI is InChI=1S/C15H19N3O2/c19-15(20)12-2-1-9-18(10-12)13-5-3-11(4-6-13)14-16-7-8-17-14/h3-6,12H,1-2,7-10H2,(H,16,17)(H,19,20). The number of carboxylic acid groups (broad SMARTS) is 1. The van der Waals surface area contributed by atoms with Crippen molar-refractivity contribution < 1.29 is 9.90 Å². The second-order valence-electron chi connectivity index (χ2n) is 5.33. The first kappa shape index (κ1) is 13.0. The third-order valence-electron chi connectivity index (χ3n) is 3.95. The van der Waals surface area contributed by atoms with E-state index < -0.39 is 5.97 Å². The van der Waals surface area contributed by atoms with Gasteiger partial charge in [-0.3, -0.25) is 9.79 Å². The van der Waals surface area contributed by atoms with Crippen LogP contribution in [0.5, 0.6) is 0 Å². The maximum Gasteiger partial charge on any atom is 0.308 e. The van der Waals surface area contributed by atoms with Crippen molar-refractivity contribution in [2.45, 2.75) is 12.8 Å². The van der Waals surface area contributed by atoms with Gasteiger partial charge in [-0.1, -0.05) is 0 Å². The molecule has 2 heterocycles. The smallest absolute Gasteiger partial charge is 0.308 e. The molecule has 1 aromatic rings. The van der Waals surface area contributed by atoms with E-state index >= 15 is 0 Å². The summed E-state index contributed by atoms with van der Waals surface area (Å²) in [4.78, 5) is 17.7. The Labute approximate surface area is 118 Å². The van der Waals surface area contributed by atoms with Crippen molar-refractivity contribution in [2.24, 2.45) is 10.9 Å². The molecule has 0 saturated carbocycles. The SMILES string of the molecule is O=C(O)C1CCCN(c2ccc(C3=NCCN3)cc2)C1. The molecule has 1 atom stereocenters. The Balaban J connectivity index is 1.72. The average Bonchev–Trinajstić information content (AvgIpc) is 3.02. The minimum Gasteiger partial charge on any atom is -0.481 e. The molecule has 2 N–H and O–H groups in total. The Hall–Kier alpha value is -2.04. The van der Waals surface area contributed by atoms with E-state index in [1.54, 1.807) is 0 Å². The molecule has 2 aliphatic rings. The van der Waals surface area contributed by atoms with Crippen molar-refractivity contribution in [1.82, 2.24) is 5.32 Å². The van der Waals surface area contributed by atoms with Crippen LogP contribution in [0.4, 0.5) is 5.69 Å². The lowest BCUT2D eigenvalue weighted by Crippen LogP contribution is -2.38. The summed E-state index contributed by atoms with van der Waals surface area (Å²) in [5.41, 5.74) is 2.19. The molecule has 0 radical (unpaired) electrons. The minimum absolute atomic E-state index is 0.246. The van der Waals surface area contributed by atoms with Gasteiger partial charge in [-0.15, -0.1) is 0 Å². The van der Waals surface area contributed by atoms with Crippen LogP contribution in [0.2, 0.25) is 0 Å². The molecule has 1 saturated heterocycles. The van der Waals surface area contributed by atoms with Crippen molar-refractivity contribution >= 4 is 17.5 Å². The van der Waals surface area contributed by atoms with Crippen molar-refractivity contribution in [3.8, 4) is 0 Å². The number of hydrogen-bond acceptors (Lipinski definition) is 4. The summed E-state index contributed by atoms with van der Waals surface area (Å²) in [6.45, 7) is 3.28. The zero-order chi connectivity index (χ0) is 13.9. The first-order valence-electron chi connectivity index (χ1n) is 7.10. The molecule has 0 aliphatic carbocycles. The van der Waals surface area contributed by atoms with Crippen LogP contribution in [0, 0.1) is 5.92 Å². The van der Waals surface area contributed by atoms with Crippen LogP contribution in [0.15, 0.2) is 29.3 Å². The van der Waals surface area contributed by atoms with E-state index in [9.17, 15) is 4.79 Å². The number of piperidine rings is 1. The number of benzene rings is 1. The molecule has 106 valence electrons. The van der Waals surface area contributed by atoms with Crippen molar-refractivity contribution in [2.75, 3.05) is 31.1 Å². The van der Waals surface area contributed by atoms with E-state index in [-0.39, 0.29) is 5.92 Å². The zero-order valence-corrected chi connectivity index (χ0v) is 11.4. The van der Waals surface area contributed by atoms with Gasteiger partial charge in [0, 0.05) is 30.9 Å². The van der Waals surface area contributed by atoms with E-state index in [0.29, 0.717) is 6.54 Å². The van der Waals surface area contributed by atoms with Crippen LogP contribution in [-0.4, -0.2) is 43.1 Å². The predicted molar refractivity (Wildman–Crippen MR) is 78.4 cm³/mol. The van der Waals surface area contributed by atoms with Gasteiger partial charge in [0.05, 0.1) is 12.5 Å². The largest absolute Gasteiger partial charge is 0.481 e. The van der Waals surface area contributed by atoms with Crippen LogP contribution in [-0.2, 0) is 4.79 Å². The summed E-state index contributed by atoms with van der Waals surface area (Å²) < 4.78 is 0. The number of carboxylic acids is 1. The topological polar surface area (TPSA) is 64.9 Å². The van der Waals surface area contributed by atoms with Crippen molar-refractivity contribution in [1.29, 1.82) is 0 Å². The predicted octanol–water partition coefficient (Wildman–Crippen LogP) is 1.34. The van der Waals surface area contributed by atoms with Gasteiger partial charge in [0.25, 0.3) is 0 Å².